The Morgan fingerprint density at radius 3 is 1.68 bits per heavy atom. The average molecular weight is 542 g/mol. The van der Waals surface area contributed by atoms with Crippen LogP contribution in [-0.2, 0) is 0 Å². The molecule has 1 heterocycles. The fourth-order valence-corrected chi connectivity index (χ4v) is 23.7. The van der Waals surface area contributed by atoms with Crippen LogP contribution in [0.5, 0.6) is 0 Å². The van der Waals surface area contributed by atoms with E-state index in [0.29, 0.717) is 11.8 Å². The van der Waals surface area contributed by atoms with Gasteiger partial charge in [-0.25, -0.2) is 0 Å². The number of hydrogen-bond acceptors (Lipinski definition) is 0. The van der Waals surface area contributed by atoms with Crippen LogP contribution in [0, 0.1) is 0 Å². The number of rotatable bonds is 2. The van der Waals surface area contributed by atoms with Crippen LogP contribution < -0.4 is 8.92 Å². The first kappa shape index (κ1) is 20.8. The molecule has 0 aromatic heterocycles. The Morgan fingerprint density at radius 2 is 1.27 bits per heavy atom. The third kappa shape index (κ3) is 8.06. The zero-order chi connectivity index (χ0) is 17.4. The van der Waals surface area contributed by atoms with E-state index in [2.05, 4.69) is 39.8 Å². The quantitative estimate of drug-likeness (QED) is 0.293. The van der Waals surface area contributed by atoms with Gasteiger partial charge in [0, 0.05) is 0 Å². The molecular formula is C12H16F6PSe3. The molecule has 1 aromatic rings. The van der Waals surface area contributed by atoms with E-state index in [9.17, 15) is 25.2 Å². The zero-order valence-corrected chi connectivity index (χ0v) is 18.3. The molecule has 0 bridgehead atoms. The first-order valence-corrected chi connectivity index (χ1v) is 18.7. The van der Waals surface area contributed by atoms with Gasteiger partial charge < -0.3 is 0 Å². The summed E-state index contributed by atoms with van der Waals surface area (Å²) in [5.74, 6) is 1.43. The summed E-state index contributed by atoms with van der Waals surface area (Å²) in [6.07, 6.45) is 0. The van der Waals surface area contributed by atoms with E-state index in [1.54, 1.807) is 20.1 Å². The van der Waals surface area contributed by atoms with Crippen molar-refractivity contribution >= 4 is 53.2 Å². The summed E-state index contributed by atoms with van der Waals surface area (Å²) in [7, 11) is -9.70. The normalized spacial score (nSPS) is 16.9. The van der Waals surface area contributed by atoms with Gasteiger partial charge in [0.05, 0.1) is 0 Å². The number of halogens is 6. The van der Waals surface area contributed by atoms with Crippen LogP contribution in [0.1, 0.15) is 50.7 Å². The fourth-order valence-electron chi connectivity index (χ4n) is 1.76. The summed E-state index contributed by atoms with van der Waals surface area (Å²) in [5.41, 5.74) is 3.30. The molecule has 0 fully saturated rings. The van der Waals surface area contributed by atoms with Crippen LogP contribution in [-0.4, -0.2) is 36.5 Å². The zero-order valence-electron chi connectivity index (χ0n) is 12.2. The Morgan fingerprint density at radius 1 is 0.864 bits per heavy atom. The van der Waals surface area contributed by atoms with Crippen molar-refractivity contribution < 1.29 is 25.2 Å². The number of benzene rings is 1. The Balaban J connectivity index is 0.000000295. The van der Waals surface area contributed by atoms with Gasteiger partial charge in [0.1, 0.15) is 0 Å². The third-order valence-electron chi connectivity index (χ3n) is 2.65. The maximum absolute atomic E-state index is 10.7. The molecular weight excluding hydrogens is 526 g/mol. The monoisotopic (exact) mass is 545 g/mol. The molecule has 0 unspecified atom stereocenters. The van der Waals surface area contributed by atoms with Crippen molar-refractivity contribution in [2.45, 2.75) is 39.5 Å². The van der Waals surface area contributed by atoms with Gasteiger partial charge in [-0.2, -0.15) is 0 Å². The van der Waals surface area contributed by atoms with Crippen molar-refractivity contribution in [3.8, 4) is 0 Å². The molecule has 0 atom stereocenters. The summed E-state index contributed by atoms with van der Waals surface area (Å²) in [5, 5.41) is 0. The van der Waals surface area contributed by atoms with E-state index in [-0.39, 0.29) is 0 Å². The van der Waals surface area contributed by atoms with Crippen molar-refractivity contribution in [2.75, 3.05) is 0 Å². The fraction of sp³-hybridized carbons (Fsp3) is 0.500. The van der Waals surface area contributed by atoms with Crippen LogP contribution in [0.4, 0.5) is 25.2 Å². The van der Waals surface area contributed by atoms with Gasteiger partial charge in [-0.1, -0.05) is 0 Å². The Labute approximate surface area is 140 Å². The second-order valence-corrected chi connectivity index (χ2v) is 22.8. The average Bonchev–Trinajstić information content (AvgIpc) is 2.70. The first-order valence-electron chi connectivity index (χ1n) is 6.30. The van der Waals surface area contributed by atoms with Gasteiger partial charge in [-0.05, 0) is 0 Å². The minimum absolute atomic E-state index is 0.714. The van der Waals surface area contributed by atoms with Crippen molar-refractivity contribution in [2.24, 2.45) is 0 Å². The molecule has 1 radical (unpaired) electrons. The standard InChI is InChI=1S/C12H16Se3.F6P/c1-7(2)9-5-6-10(8(3)4)12-11(9)13-15-14-12;1-7(2,3,4,5)6/h5-8H,1-4H3;/q+1;-1. The van der Waals surface area contributed by atoms with Crippen molar-refractivity contribution in [3.05, 3.63) is 23.3 Å². The number of hydrogen-bond donors (Lipinski definition) is 0. The molecule has 1 aromatic carbocycles. The van der Waals surface area contributed by atoms with Crippen LogP contribution in [0.3, 0.4) is 0 Å². The molecule has 0 saturated heterocycles. The third-order valence-corrected chi connectivity index (χ3v) is 19.0. The maximum atomic E-state index is 9.87. The Bertz CT molecular complexity index is 581. The summed E-state index contributed by atoms with van der Waals surface area (Å²) in [6, 6.07) is 4.80. The van der Waals surface area contributed by atoms with E-state index >= 15 is 0 Å². The van der Waals surface area contributed by atoms with Gasteiger partial charge in [0.25, 0.3) is 0 Å². The van der Waals surface area contributed by atoms with Gasteiger partial charge in [-0.3, -0.25) is 0 Å². The second kappa shape index (κ2) is 6.26. The van der Waals surface area contributed by atoms with Crippen LogP contribution in [0.15, 0.2) is 12.1 Å². The molecule has 1 aliphatic heterocycles. The second-order valence-electron chi connectivity index (χ2n) is 5.40. The molecule has 22 heavy (non-hydrogen) atoms. The van der Waals surface area contributed by atoms with Gasteiger partial charge in [-0.15, -0.1) is 0 Å². The summed E-state index contributed by atoms with van der Waals surface area (Å²) in [6.45, 7) is 9.33. The predicted molar refractivity (Wildman–Crippen MR) is 84.7 cm³/mol. The first-order chi connectivity index (χ1) is 9.56. The molecule has 0 saturated carbocycles. The minimum atomic E-state index is -10.7. The molecule has 10 heteroatoms. The van der Waals surface area contributed by atoms with Gasteiger partial charge in [0.2, 0.25) is 0 Å². The molecule has 0 N–H and O–H groups in total. The van der Waals surface area contributed by atoms with E-state index in [4.69, 9.17) is 0 Å². The summed E-state index contributed by atoms with van der Waals surface area (Å²) in [4.78, 5) is 0. The van der Waals surface area contributed by atoms with Crippen LogP contribution >= 0.6 is 7.81 Å². The predicted octanol–water partition coefficient (Wildman–Crippen LogP) is 4.52. The van der Waals surface area contributed by atoms with E-state index in [1.807, 2.05) is 0 Å². The number of fused-ring (bicyclic) bond motifs is 1. The summed E-state index contributed by atoms with van der Waals surface area (Å²) < 4.78 is 62.8. The van der Waals surface area contributed by atoms with Crippen LogP contribution in [0.2, 0.25) is 0 Å². The van der Waals surface area contributed by atoms with Crippen LogP contribution in [0.25, 0.3) is 0 Å². The SMILES string of the molecule is CC(C)c1ccc(C(C)C)c2c1[Se][Se]=[Se+]2.F[P-](F)(F)(F)(F)F. The van der Waals surface area contributed by atoms with Crippen molar-refractivity contribution in [3.63, 3.8) is 0 Å². The van der Waals surface area contributed by atoms with Gasteiger partial charge >= 0.3 is 141 Å². The molecule has 0 amide bonds. The molecule has 0 spiro atoms. The van der Waals surface area contributed by atoms with E-state index in [1.165, 1.54) is 0 Å². The molecule has 1 aliphatic rings. The molecule has 2 rings (SSSR count). The molecule has 0 aliphatic carbocycles. The van der Waals surface area contributed by atoms with Gasteiger partial charge in [0.15, 0.2) is 0 Å². The molecule has 0 nitrogen and oxygen atoms in total. The topological polar surface area (TPSA) is 0 Å². The van der Waals surface area contributed by atoms with E-state index < -0.39 is 7.81 Å². The van der Waals surface area contributed by atoms with Crippen molar-refractivity contribution in [1.29, 1.82) is 0 Å². The van der Waals surface area contributed by atoms with E-state index in [0.717, 1.165) is 36.5 Å². The molecule has 129 valence electrons. The van der Waals surface area contributed by atoms with Crippen molar-refractivity contribution in [1.82, 2.24) is 0 Å². The summed E-state index contributed by atoms with van der Waals surface area (Å²) >= 11 is 1.68. The Kier molecular flexibility index (Phi) is 5.93. The Hall–Kier alpha value is 0.788.